The van der Waals surface area contributed by atoms with Crippen LogP contribution in [0.3, 0.4) is 0 Å². The first kappa shape index (κ1) is 17.9. The average molecular weight is 354 g/mol. The first-order chi connectivity index (χ1) is 12.7. The average Bonchev–Trinajstić information content (AvgIpc) is 3.20. The monoisotopic (exact) mass is 354 g/mol. The number of ether oxygens (including phenoxy) is 2. The van der Waals surface area contributed by atoms with Crippen LogP contribution < -0.4 is 15.4 Å². The molecule has 0 saturated carbocycles. The zero-order chi connectivity index (χ0) is 18.4. The van der Waals surface area contributed by atoms with Crippen LogP contribution in [-0.2, 0) is 4.74 Å². The third-order valence-corrected chi connectivity index (χ3v) is 4.25. The van der Waals surface area contributed by atoms with Crippen molar-refractivity contribution in [1.82, 2.24) is 5.32 Å². The maximum Gasteiger partial charge on any atom is 0.255 e. The van der Waals surface area contributed by atoms with Gasteiger partial charge in [-0.25, -0.2) is 0 Å². The molecule has 2 N–H and O–H groups in total. The van der Waals surface area contributed by atoms with Crippen molar-refractivity contribution in [3.63, 3.8) is 0 Å². The Morgan fingerprint density at radius 2 is 1.92 bits per heavy atom. The van der Waals surface area contributed by atoms with E-state index >= 15 is 0 Å². The summed E-state index contributed by atoms with van der Waals surface area (Å²) < 4.78 is 10.6. The molecule has 0 spiro atoms. The number of carbonyl (C=O) groups is 2. The number of anilines is 1. The summed E-state index contributed by atoms with van der Waals surface area (Å²) in [7, 11) is 1.57. The molecule has 1 heterocycles. The lowest BCUT2D eigenvalue weighted by atomic mass is 10.1. The highest BCUT2D eigenvalue weighted by Gasteiger charge is 2.17. The molecule has 0 bridgehead atoms. The molecule has 6 heteroatoms. The van der Waals surface area contributed by atoms with Gasteiger partial charge in [0.1, 0.15) is 5.75 Å². The quantitative estimate of drug-likeness (QED) is 0.836. The van der Waals surface area contributed by atoms with E-state index in [0.29, 0.717) is 29.1 Å². The van der Waals surface area contributed by atoms with Crippen LogP contribution in [0.5, 0.6) is 5.75 Å². The lowest BCUT2D eigenvalue weighted by molar-refractivity contribution is 0.0857. The largest absolute Gasteiger partial charge is 0.497 e. The molecule has 2 amide bonds. The van der Waals surface area contributed by atoms with Crippen LogP contribution in [0.25, 0.3) is 0 Å². The lowest BCUT2D eigenvalue weighted by Gasteiger charge is -2.12. The van der Waals surface area contributed by atoms with Gasteiger partial charge in [-0.3, -0.25) is 9.59 Å². The normalized spacial score (nSPS) is 16.1. The van der Waals surface area contributed by atoms with Crippen molar-refractivity contribution in [3.8, 4) is 5.75 Å². The van der Waals surface area contributed by atoms with Gasteiger partial charge >= 0.3 is 0 Å². The summed E-state index contributed by atoms with van der Waals surface area (Å²) in [5, 5.41) is 5.68. The first-order valence-electron chi connectivity index (χ1n) is 8.61. The fourth-order valence-corrected chi connectivity index (χ4v) is 2.80. The summed E-state index contributed by atoms with van der Waals surface area (Å²) in [6, 6.07) is 13.7. The van der Waals surface area contributed by atoms with Crippen molar-refractivity contribution >= 4 is 17.5 Å². The van der Waals surface area contributed by atoms with Gasteiger partial charge < -0.3 is 20.1 Å². The topological polar surface area (TPSA) is 76.7 Å². The number of hydrogen-bond donors (Lipinski definition) is 2. The third-order valence-electron chi connectivity index (χ3n) is 4.25. The summed E-state index contributed by atoms with van der Waals surface area (Å²) in [5.41, 5.74) is 1.57. The number of carbonyl (C=O) groups excluding carboxylic acids is 2. The van der Waals surface area contributed by atoms with Gasteiger partial charge in [-0.1, -0.05) is 6.07 Å². The molecule has 0 aliphatic carbocycles. The molecule has 0 radical (unpaired) electrons. The van der Waals surface area contributed by atoms with Crippen molar-refractivity contribution in [3.05, 3.63) is 59.7 Å². The summed E-state index contributed by atoms with van der Waals surface area (Å²) in [5.74, 6) is 0.261. The molecule has 2 aromatic rings. The molecule has 1 aliphatic heterocycles. The first-order valence-corrected chi connectivity index (χ1v) is 8.61. The molecule has 2 aromatic carbocycles. The Bertz CT molecular complexity index is 768. The van der Waals surface area contributed by atoms with Crippen LogP contribution in [0.2, 0.25) is 0 Å². The Morgan fingerprint density at radius 3 is 2.62 bits per heavy atom. The lowest BCUT2D eigenvalue weighted by Crippen LogP contribution is -2.31. The molecule has 6 nitrogen and oxygen atoms in total. The van der Waals surface area contributed by atoms with Crippen molar-refractivity contribution in [2.45, 2.75) is 18.9 Å². The van der Waals surface area contributed by atoms with E-state index in [-0.39, 0.29) is 17.9 Å². The summed E-state index contributed by atoms with van der Waals surface area (Å²) in [4.78, 5) is 24.6. The van der Waals surface area contributed by atoms with Crippen molar-refractivity contribution in [2.75, 3.05) is 25.6 Å². The molecule has 1 aliphatic rings. The van der Waals surface area contributed by atoms with Gasteiger partial charge in [0.25, 0.3) is 11.8 Å². The van der Waals surface area contributed by atoms with E-state index in [0.717, 1.165) is 19.4 Å². The van der Waals surface area contributed by atoms with Gasteiger partial charge in [0.15, 0.2) is 0 Å². The van der Waals surface area contributed by atoms with Gasteiger partial charge in [-0.15, -0.1) is 0 Å². The smallest absolute Gasteiger partial charge is 0.255 e. The SMILES string of the molecule is COc1ccc(C(=O)Nc2cccc(C(=O)NC[C@@H]3CCCO3)c2)cc1. The number of benzene rings is 2. The minimum atomic E-state index is -0.246. The number of nitrogens with one attached hydrogen (secondary N) is 2. The van der Waals surface area contributed by atoms with E-state index in [1.807, 2.05) is 0 Å². The van der Waals surface area contributed by atoms with Crippen molar-refractivity contribution in [2.24, 2.45) is 0 Å². The molecule has 1 atom stereocenters. The van der Waals surface area contributed by atoms with Crippen LogP contribution in [0, 0.1) is 0 Å². The molecule has 3 rings (SSSR count). The predicted octanol–water partition coefficient (Wildman–Crippen LogP) is 2.86. The summed E-state index contributed by atoms with van der Waals surface area (Å²) in [6.07, 6.45) is 2.10. The second-order valence-corrected chi connectivity index (χ2v) is 6.11. The van der Waals surface area contributed by atoms with Gasteiger partial charge in [0, 0.05) is 30.0 Å². The molecule has 26 heavy (non-hydrogen) atoms. The second kappa shape index (κ2) is 8.49. The predicted molar refractivity (Wildman–Crippen MR) is 98.7 cm³/mol. The Balaban J connectivity index is 1.60. The van der Waals surface area contributed by atoms with Crippen LogP contribution in [0.15, 0.2) is 48.5 Å². The molecule has 136 valence electrons. The van der Waals surface area contributed by atoms with Crippen LogP contribution in [0.4, 0.5) is 5.69 Å². The standard InChI is InChI=1S/C20H22N2O4/c1-25-17-9-7-14(8-10-17)20(24)22-16-5-2-4-15(12-16)19(23)21-13-18-6-3-11-26-18/h2,4-5,7-10,12,18H,3,6,11,13H2,1H3,(H,21,23)(H,22,24)/t18-/m0/s1. The molecule has 1 fully saturated rings. The molecular formula is C20H22N2O4. The van der Waals surface area contributed by atoms with Gasteiger partial charge in [0.05, 0.1) is 13.2 Å². The zero-order valence-electron chi connectivity index (χ0n) is 14.7. The maximum absolute atomic E-state index is 12.3. The maximum atomic E-state index is 12.3. The minimum absolute atomic E-state index is 0.0944. The van der Waals surface area contributed by atoms with E-state index in [9.17, 15) is 9.59 Å². The van der Waals surface area contributed by atoms with Gasteiger partial charge in [-0.05, 0) is 55.3 Å². The molecular weight excluding hydrogens is 332 g/mol. The number of methoxy groups -OCH3 is 1. The highest BCUT2D eigenvalue weighted by Crippen LogP contribution is 2.16. The molecule has 0 unspecified atom stereocenters. The molecule has 1 saturated heterocycles. The van der Waals surface area contributed by atoms with Crippen LogP contribution in [0.1, 0.15) is 33.6 Å². The summed E-state index contributed by atoms with van der Waals surface area (Å²) >= 11 is 0. The highest BCUT2D eigenvalue weighted by molar-refractivity contribution is 6.05. The fourth-order valence-electron chi connectivity index (χ4n) is 2.80. The Labute approximate surface area is 152 Å². The van der Waals surface area contributed by atoms with Crippen LogP contribution >= 0.6 is 0 Å². The van der Waals surface area contributed by atoms with E-state index < -0.39 is 0 Å². The van der Waals surface area contributed by atoms with Gasteiger partial charge in [-0.2, -0.15) is 0 Å². The highest BCUT2D eigenvalue weighted by atomic mass is 16.5. The van der Waals surface area contributed by atoms with E-state index in [1.54, 1.807) is 55.6 Å². The Hall–Kier alpha value is -2.86. The zero-order valence-corrected chi connectivity index (χ0v) is 14.7. The number of rotatable bonds is 6. The number of hydrogen-bond acceptors (Lipinski definition) is 4. The van der Waals surface area contributed by atoms with Crippen LogP contribution in [-0.4, -0.2) is 38.2 Å². The Kier molecular flexibility index (Phi) is 5.86. The minimum Gasteiger partial charge on any atom is -0.497 e. The van der Waals surface area contributed by atoms with E-state index in [4.69, 9.17) is 9.47 Å². The molecule has 0 aromatic heterocycles. The second-order valence-electron chi connectivity index (χ2n) is 6.11. The number of amides is 2. The third kappa shape index (κ3) is 4.61. The van der Waals surface area contributed by atoms with Crippen molar-refractivity contribution in [1.29, 1.82) is 0 Å². The summed E-state index contributed by atoms with van der Waals surface area (Å²) in [6.45, 7) is 1.26. The van der Waals surface area contributed by atoms with Gasteiger partial charge in [0.2, 0.25) is 0 Å². The Morgan fingerprint density at radius 1 is 1.12 bits per heavy atom. The van der Waals surface area contributed by atoms with E-state index in [1.165, 1.54) is 0 Å². The van der Waals surface area contributed by atoms with Crippen molar-refractivity contribution < 1.29 is 19.1 Å². The fraction of sp³-hybridized carbons (Fsp3) is 0.300. The van der Waals surface area contributed by atoms with E-state index in [2.05, 4.69) is 10.6 Å².